The van der Waals surface area contributed by atoms with Crippen molar-refractivity contribution < 1.29 is 0 Å². The number of nitrogens with zero attached hydrogens (tertiary/aromatic N) is 4. The summed E-state index contributed by atoms with van der Waals surface area (Å²) in [6.07, 6.45) is 4.74. The minimum Gasteiger partial charge on any atom is -0.307 e. The topological polar surface area (TPSA) is 56.3 Å². The average molecular weight is 916 g/mol. The first kappa shape index (κ1) is 48.5. The lowest BCUT2D eigenvalue weighted by atomic mass is 9.97. The summed E-state index contributed by atoms with van der Waals surface area (Å²) in [4.78, 5) is 15.1. The molecule has 66 heavy (non-hydrogen) atoms. The molecule has 8 aromatic rings. The van der Waals surface area contributed by atoms with Gasteiger partial charge < -0.3 is 10.6 Å². The molecule has 2 aromatic heterocycles. The third kappa shape index (κ3) is 12.5. The molecule has 2 atom stereocenters. The number of fused-ring (bicyclic) bond motifs is 2. The molecule has 0 saturated carbocycles. The van der Waals surface area contributed by atoms with E-state index in [1.807, 2.05) is 0 Å². The van der Waals surface area contributed by atoms with Gasteiger partial charge in [0.25, 0.3) is 0 Å². The van der Waals surface area contributed by atoms with E-state index in [0.717, 1.165) is 61.7 Å². The van der Waals surface area contributed by atoms with Gasteiger partial charge in [-0.05, 0) is 112 Å². The highest BCUT2D eigenvalue weighted by Crippen LogP contribution is 2.31. The third-order valence-corrected chi connectivity index (χ3v) is 13.2. The second-order valence-corrected chi connectivity index (χ2v) is 17.8. The number of likely N-dealkylation sites (tertiary alicyclic amines) is 2. The zero-order valence-electron chi connectivity index (χ0n) is 38.3. The van der Waals surface area contributed by atoms with Crippen molar-refractivity contribution in [3.63, 3.8) is 0 Å². The Hall–Kier alpha value is -5.44. The van der Waals surface area contributed by atoms with E-state index in [9.17, 15) is 0 Å². The molecule has 2 aliphatic rings. The Balaban J connectivity index is 0.000000191. The smallest absolute Gasteiger partial charge is 0.0713 e. The lowest BCUT2D eigenvalue weighted by Crippen LogP contribution is -2.43. The number of pyridine rings is 2. The molecule has 0 radical (unpaired) electrons. The van der Waals surface area contributed by atoms with Crippen molar-refractivity contribution in [2.24, 2.45) is 0 Å². The SMILES string of the molecule is CC(NC1CCN(Cc2ccccc2)CC1)c1cc(-c2ccccc2)nc2ccccc12.CC(NC1CCN(Cc2ccccc2)CC1)c1cc(-c2ccccc2)nc2ccccc12.Cl.Cl. The Morgan fingerprint density at radius 1 is 0.439 bits per heavy atom. The maximum Gasteiger partial charge on any atom is 0.0713 e. The lowest BCUT2D eigenvalue weighted by Gasteiger charge is -2.34. The van der Waals surface area contributed by atoms with Crippen LogP contribution in [0.5, 0.6) is 0 Å². The molecule has 0 aliphatic carbocycles. The standard InChI is InChI=1S/2C29H31N3.2ClH/c2*1-22(30-25-16-18-32(19-17-25)21-23-10-4-2-5-11-23)27-20-29(24-12-6-3-7-13-24)31-28-15-9-8-14-26(27)28;;/h2*2-15,20,22,25,30H,16-19,21H2,1H3;2*1H. The van der Waals surface area contributed by atoms with E-state index in [2.05, 4.69) is 216 Å². The molecule has 0 spiro atoms. The molecule has 10 rings (SSSR count). The van der Waals surface area contributed by atoms with Crippen LogP contribution < -0.4 is 10.6 Å². The summed E-state index contributed by atoms with van der Waals surface area (Å²) in [7, 11) is 0. The maximum absolute atomic E-state index is 4.95. The fraction of sp³-hybridized carbons (Fsp3) is 0.276. The van der Waals surface area contributed by atoms with Crippen LogP contribution in [-0.4, -0.2) is 58.0 Å². The summed E-state index contributed by atoms with van der Waals surface area (Å²) in [5.41, 5.74) is 12.0. The van der Waals surface area contributed by atoms with Gasteiger partial charge in [-0.1, -0.05) is 158 Å². The van der Waals surface area contributed by atoms with E-state index in [1.54, 1.807) is 0 Å². The van der Waals surface area contributed by atoms with Crippen molar-refractivity contribution in [2.75, 3.05) is 26.2 Å². The minimum atomic E-state index is 0. The second kappa shape index (κ2) is 23.8. The molecule has 2 aliphatic heterocycles. The van der Waals surface area contributed by atoms with Gasteiger partial charge in [-0.3, -0.25) is 9.80 Å². The number of halogens is 2. The van der Waals surface area contributed by atoms with Crippen LogP contribution in [0.15, 0.2) is 182 Å². The molecular weight excluding hydrogens is 852 g/mol. The molecule has 0 bridgehead atoms. The number of hydrogen-bond donors (Lipinski definition) is 2. The third-order valence-electron chi connectivity index (χ3n) is 13.2. The molecule has 8 heteroatoms. The van der Waals surface area contributed by atoms with E-state index < -0.39 is 0 Å². The number of benzene rings is 6. The van der Waals surface area contributed by atoms with E-state index in [0.29, 0.717) is 12.1 Å². The fourth-order valence-corrected chi connectivity index (χ4v) is 9.72. The van der Waals surface area contributed by atoms with Crippen LogP contribution in [0.1, 0.15) is 73.9 Å². The normalized spacial score (nSPS) is 15.8. The molecular formula is C58H64Cl2N6. The fourth-order valence-electron chi connectivity index (χ4n) is 9.72. The monoisotopic (exact) mass is 914 g/mol. The predicted octanol–water partition coefficient (Wildman–Crippen LogP) is 13.3. The van der Waals surface area contributed by atoms with Gasteiger partial charge in [0.15, 0.2) is 0 Å². The van der Waals surface area contributed by atoms with E-state index in [4.69, 9.17) is 9.97 Å². The molecule has 2 fully saturated rings. The van der Waals surface area contributed by atoms with Crippen molar-refractivity contribution in [3.8, 4) is 22.5 Å². The maximum atomic E-state index is 4.95. The Labute approximate surface area is 404 Å². The summed E-state index contributed by atoms with van der Waals surface area (Å²) in [6.45, 7) is 11.3. The molecule has 2 saturated heterocycles. The number of para-hydroxylation sites is 2. The zero-order chi connectivity index (χ0) is 43.5. The van der Waals surface area contributed by atoms with Crippen LogP contribution in [0.4, 0.5) is 0 Å². The number of piperidine rings is 2. The molecule has 2 unspecified atom stereocenters. The van der Waals surface area contributed by atoms with Crippen molar-refractivity contribution in [3.05, 3.63) is 204 Å². The van der Waals surface area contributed by atoms with E-state index in [-0.39, 0.29) is 36.9 Å². The van der Waals surface area contributed by atoms with Gasteiger partial charge in [0.1, 0.15) is 0 Å². The molecule has 2 N–H and O–H groups in total. The zero-order valence-corrected chi connectivity index (χ0v) is 39.9. The Bertz CT molecular complexity index is 2500. The van der Waals surface area contributed by atoms with Gasteiger partial charge in [0, 0.05) is 59.2 Å². The summed E-state index contributed by atoms with van der Waals surface area (Å²) >= 11 is 0. The van der Waals surface area contributed by atoms with Crippen molar-refractivity contribution in [1.82, 2.24) is 30.4 Å². The predicted molar refractivity (Wildman–Crippen MR) is 281 cm³/mol. The molecule has 0 amide bonds. The van der Waals surface area contributed by atoms with Crippen molar-refractivity contribution in [1.29, 1.82) is 0 Å². The first-order valence-electron chi connectivity index (χ1n) is 23.5. The largest absolute Gasteiger partial charge is 0.307 e. The highest BCUT2D eigenvalue weighted by atomic mass is 35.5. The Kier molecular flexibility index (Phi) is 17.5. The first-order valence-corrected chi connectivity index (χ1v) is 23.5. The van der Waals surface area contributed by atoms with Crippen molar-refractivity contribution in [2.45, 2.75) is 76.8 Å². The van der Waals surface area contributed by atoms with Gasteiger partial charge in [0.05, 0.1) is 22.4 Å². The summed E-state index contributed by atoms with van der Waals surface area (Å²) in [5, 5.41) is 10.4. The van der Waals surface area contributed by atoms with Crippen LogP contribution in [0, 0.1) is 0 Å². The number of hydrogen-bond acceptors (Lipinski definition) is 6. The number of nitrogens with one attached hydrogen (secondary N) is 2. The molecule has 4 heterocycles. The minimum absolute atomic E-state index is 0. The average Bonchev–Trinajstić information content (AvgIpc) is 3.36. The summed E-state index contributed by atoms with van der Waals surface area (Å²) in [5.74, 6) is 0. The van der Waals surface area contributed by atoms with Crippen LogP contribution >= 0.6 is 24.8 Å². The van der Waals surface area contributed by atoms with Crippen LogP contribution in [0.2, 0.25) is 0 Å². The molecule has 340 valence electrons. The van der Waals surface area contributed by atoms with Gasteiger partial charge in [-0.2, -0.15) is 0 Å². The Morgan fingerprint density at radius 3 is 1.12 bits per heavy atom. The number of aromatic nitrogens is 2. The van der Waals surface area contributed by atoms with Crippen LogP contribution in [0.3, 0.4) is 0 Å². The quantitative estimate of drug-likeness (QED) is 0.127. The second-order valence-electron chi connectivity index (χ2n) is 17.8. The van der Waals surface area contributed by atoms with E-state index in [1.165, 1.54) is 69.8 Å². The van der Waals surface area contributed by atoms with Gasteiger partial charge in [0.2, 0.25) is 0 Å². The molecule has 6 aromatic carbocycles. The highest BCUT2D eigenvalue weighted by Gasteiger charge is 2.24. The first-order chi connectivity index (χ1) is 31.5. The van der Waals surface area contributed by atoms with E-state index >= 15 is 0 Å². The van der Waals surface area contributed by atoms with Crippen molar-refractivity contribution >= 4 is 46.6 Å². The Morgan fingerprint density at radius 2 is 0.758 bits per heavy atom. The van der Waals surface area contributed by atoms with Gasteiger partial charge >= 0.3 is 0 Å². The molecule has 6 nitrogen and oxygen atoms in total. The van der Waals surface area contributed by atoms with Gasteiger partial charge in [-0.15, -0.1) is 24.8 Å². The highest BCUT2D eigenvalue weighted by molar-refractivity contribution is 5.87. The number of rotatable bonds is 12. The van der Waals surface area contributed by atoms with Crippen LogP contribution in [-0.2, 0) is 13.1 Å². The van der Waals surface area contributed by atoms with Crippen LogP contribution in [0.25, 0.3) is 44.3 Å². The summed E-state index contributed by atoms with van der Waals surface area (Å²) in [6, 6.07) is 65.8. The summed E-state index contributed by atoms with van der Waals surface area (Å²) < 4.78 is 0. The van der Waals surface area contributed by atoms with Gasteiger partial charge in [-0.25, -0.2) is 9.97 Å². The lowest BCUT2D eigenvalue weighted by molar-refractivity contribution is 0.185.